The zero-order chi connectivity index (χ0) is 34.1. The van der Waals surface area contributed by atoms with E-state index in [2.05, 4.69) is 5.32 Å². The van der Waals surface area contributed by atoms with Crippen LogP contribution in [0.15, 0.2) is 65.6 Å². The quantitative estimate of drug-likeness (QED) is 0.0657. The molecule has 0 aliphatic carbocycles. The fourth-order valence-corrected chi connectivity index (χ4v) is 7.31. The Bertz CT molecular complexity index is 1750. The van der Waals surface area contributed by atoms with Gasteiger partial charge in [-0.2, -0.15) is 0 Å². The second kappa shape index (κ2) is 16.5. The van der Waals surface area contributed by atoms with Crippen LogP contribution >= 0.6 is 23.1 Å². The summed E-state index contributed by atoms with van der Waals surface area (Å²) in [7, 11) is 4.47. The Morgan fingerprint density at radius 2 is 1.62 bits per heavy atom. The number of thiophene rings is 1. The topological polar surface area (TPSA) is 128 Å². The highest BCUT2D eigenvalue weighted by atomic mass is 32.2. The van der Waals surface area contributed by atoms with Crippen molar-refractivity contribution >= 4 is 62.4 Å². The number of rotatable bonds is 17. The number of ketones is 2. The maximum Gasteiger partial charge on any atom is 0.308 e. The molecule has 1 heterocycles. The predicted octanol–water partition coefficient (Wildman–Crippen LogP) is 7.54. The SMILES string of the molecule is COC(=O)[C@@H](C)CC(=O)c1cc2cc(NCCc3ccc(C(=O)C[C@H](C)C(=O)O)c(SCc4ccccc4)c3OC)c(OC)cc2s1. The van der Waals surface area contributed by atoms with Gasteiger partial charge in [0, 0.05) is 41.5 Å². The molecule has 0 amide bonds. The molecule has 47 heavy (non-hydrogen) atoms. The fourth-order valence-electron chi connectivity index (χ4n) is 5.10. The molecule has 0 spiro atoms. The van der Waals surface area contributed by atoms with E-state index in [4.69, 9.17) is 14.2 Å². The Balaban J connectivity index is 1.55. The molecule has 1 aromatic heterocycles. The van der Waals surface area contributed by atoms with Gasteiger partial charge in [-0.25, -0.2) is 0 Å². The van der Waals surface area contributed by atoms with Crippen LogP contribution in [0.2, 0.25) is 0 Å². The van der Waals surface area contributed by atoms with Crippen molar-refractivity contribution in [1.82, 2.24) is 0 Å². The first-order valence-corrected chi connectivity index (χ1v) is 17.0. The number of anilines is 1. The van der Waals surface area contributed by atoms with E-state index in [0.29, 0.717) is 45.6 Å². The van der Waals surface area contributed by atoms with E-state index in [0.717, 1.165) is 26.9 Å². The minimum absolute atomic E-state index is 0.0676. The number of hydrogen-bond donors (Lipinski definition) is 2. The molecule has 3 aromatic carbocycles. The third-order valence-corrected chi connectivity index (χ3v) is 10.1. The smallest absolute Gasteiger partial charge is 0.308 e. The van der Waals surface area contributed by atoms with Gasteiger partial charge in [0.2, 0.25) is 0 Å². The molecule has 2 atom stereocenters. The molecule has 0 radical (unpaired) electrons. The van der Waals surface area contributed by atoms with Crippen LogP contribution in [0.3, 0.4) is 0 Å². The summed E-state index contributed by atoms with van der Waals surface area (Å²) < 4.78 is 17.2. The Hall–Kier alpha value is -4.35. The van der Waals surface area contributed by atoms with Crippen LogP contribution < -0.4 is 14.8 Å². The van der Waals surface area contributed by atoms with E-state index in [1.165, 1.54) is 37.1 Å². The normalized spacial score (nSPS) is 12.3. The maximum atomic E-state index is 13.3. The van der Waals surface area contributed by atoms with Crippen molar-refractivity contribution in [3.8, 4) is 11.5 Å². The lowest BCUT2D eigenvalue weighted by molar-refractivity contribution is -0.144. The van der Waals surface area contributed by atoms with Crippen LogP contribution in [0.4, 0.5) is 5.69 Å². The Morgan fingerprint density at radius 3 is 2.28 bits per heavy atom. The van der Waals surface area contributed by atoms with Crippen LogP contribution in [-0.2, 0) is 26.5 Å². The molecule has 0 aliphatic heterocycles. The van der Waals surface area contributed by atoms with Gasteiger partial charge in [0.05, 0.1) is 48.6 Å². The second-order valence-corrected chi connectivity index (χ2v) is 13.3. The molecule has 4 rings (SSSR count). The number of methoxy groups -OCH3 is 3. The third-order valence-electron chi connectivity index (χ3n) is 7.76. The molecule has 0 aliphatic rings. The van der Waals surface area contributed by atoms with Gasteiger partial charge in [-0.1, -0.05) is 50.2 Å². The molecular weight excluding hydrogens is 639 g/mol. The van der Waals surface area contributed by atoms with Gasteiger partial charge < -0.3 is 24.6 Å². The summed E-state index contributed by atoms with van der Waals surface area (Å²) >= 11 is 2.85. The van der Waals surface area contributed by atoms with Crippen molar-refractivity contribution in [2.45, 2.75) is 43.8 Å². The van der Waals surface area contributed by atoms with Crippen molar-refractivity contribution in [1.29, 1.82) is 0 Å². The Kier molecular flexibility index (Phi) is 12.4. The lowest BCUT2D eigenvalue weighted by atomic mass is 9.97. The molecule has 11 heteroatoms. The van der Waals surface area contributed by atoms with Crippen molar-refractivity contribution in [3.05, 3.63) is 82.2 Å². The number of nitrogens with one attached hydrogen (secondary N) is 1. The lowest BCUT2D eigenvalue weighted by Crippen LogP contribution is -2.16. The highest BCUT2D eigenvalue weighted by Crippen LogP contribution is 2.40. The van der Waals surface area contributed by atoms with Crippen molar-refractivity contribution in [3.63, 3.8) is 0 Å². The van der Waals surface area contributed by atoms with Gasteiger partial charge in [-0.05, 0) is 41.1 Å². The third kappa shape index (κ3) is 8.93. The Labute approximate surface area is 282 Å². The van der Waals surface area contributed by atoms with E-state index in [-0.39, 0.29) is 24.4 Å². The maximum absolute atomic E-state index is 13.3. The summed E-state index contributed by atoms with van der Waals surface area (Å²) in [5, 5.41) is 13.7. The van der Waals surface area contributed by atoms with Crippen molar-refractivity contribution < 1.29 is 38.5 Å². The highest BCUT2D eigenvalue weighted by Gasteiger charge is 2.24. The van der Waals surface area contributed by atoms with Gasteiger partial charge in [-0.15, -0.1) is 23.1 Å². The number of benzene rings is 3. The summed E-state index contributed by atoms with van der Waals surface area (Å²) in [6.45, 7) is 3.71. The van der Waals surface area contributed by atoms with Crippen LogP contribution in [0.5, 0.6) is 11.5 Å². The molecule has 0 saturated carbocycles. The summed E-state index contributed by atoms with van der Waals surface area (Å²) in [6.07, 6.45) is 0.515. The summed E-state index contributed by atoms with van der Waals surface area (Å²) in [4.78, 5) is 50.7. The number of carbonyl (C=O) groups excluding carboxylic acids is 3. The number of esters is 1. The first-order valence-electron chi connectivity index (χ1n) is 15.1. The molecule has 0 fully saturated rings. The molecule has 2 N–H and O–H groups in total. The number of fused-ring (bicyclic) bond motifs is 1. The van der Waals surface area contributed by atoms with Gasteiger partial charge in [0.25, 0.3) is 0 Å². The number of Topliss-reactive ketones (excluding diaryl/α,β-unsaturated/α-hetero) is 2. The van der Waals surface area contributed by atoms with Crippen LogP contribution in [0.1, 0.15) is 57.8 Å². The number of hydrogen-bond acceptors (Lipinski definition) is 10. The first-order chi connectivity index (χ1) is 22.6. The average Bonchev–Trinajstić information content (AvgIpc) is 3.49. The fraction of sp³-hybridized carbons (Fsp3) is 0.333. The van der Waals surface area contributed by atoms with E-state index in [9.17, 15) is 24.3 Å². The van der Waals surface area contributed by atoms with Crippen LogP contribution in [0.25, 0.3) is 10.1 Å². The van der Waals surface area contributed by atoms with Gasteiger partial charge in [-0.3, -0.25) is 19.2 Å². The van der Waals surface area contributed by atoms with E-state index in [1.807, 2.05) is 54.6 Å². The van der Waals surface area contributed by atoms with Crippen LogP contribution in [-0.4, -0.2) is 56.5 Å². The molecule has 9 nitrogen and oxygen atoms in total. The minimum Gasteiger partial charge on any atom is -0.495 e. The largest absolute Gasteiger partial charge is 0.495 e. The van der Waals surface area contributed by atoms with Gasteiger partial charge in [0.1, 0.15) is 11.5 Å². The number of thioether (sulfide) groups is 1. The minimum atomic E-state index is -1.02. The number of carboxylic acid groups (broad SMARTS) is 1. The standard InChI is InChI=1S/C36H39NO8S2/c1-21(35(40)41)15-28(38)26-12-11-24(33(44-4)34(26)46-20-23-9-7-6-8-10-23)13-14-37-27-17-25-18-32(47-31(25)19-30(27)43-3)29(39)16-22(2)36(42)45-5/h6-12,17-19,21-22,37H,13-16,20H2,1-5H3,(H,40,41)/t21-,22-/m0/s1. The lowest BCUT2D eigenvalue weighted by Gasteiger charge is -2.18. The number of carboxylic acids is 1. The molecule has 248 valence electrons. The van der Waals surface area contributed by atoms with Crippen molar-refractivity contribution in [2.24, 2.45) is 11.8 Å². The van der Waals surface area contributed by atoms with Gasteiger partial charge in [0.15, 0.2) is 11.6 Å². The Morgan fingerprint density at radius 1 is 0.894 bits per heavy atom. The summed E-state index contributed by atoms with van der Waals surface area (Å²) in [5.41, 5.74) is 3.18. The average molecular weight is 678 g/mol. The molecule has 0 bridgehead atoms. The number of aliphatic carboxylic acids is 1. The zero-order valence-electron chi connectivity index (χ0n) is 27.1. The molecule has 4 aromatic rings. The number of ether oxygens (including phenoxy) is 3. The summed E-state index contributed by atoms with van der Waals surface area (Å²) in [6, 6.07) is 19.2. The molecule has 0 unspecified atom stereocenters. The monoisotopic (exact) mass is 677 g/mol. The van der Waals surface area contributed by atoms with E-state index in [1.54, 1.807) is 27.2 Å². The van der Waals surface area contributed by atoms with Crippen LogP contribution in [0, 0.1) is 11.8 Å². The first kappa shape index (κ1) is 35.5. The predicted molar refractivity (Wildman–Crippen MR) is 185 cm³/mol. The second-order valence-electron chi connectivity index (χ2n) is 11.2. The molecular formula is C36H39NO8S2. The van der Waals surface area contributed by atoms with Crippen molar-refractivity contribution in [2.75, 3.05) is 33.2 Å². The van der Waals surface area contributed by atoms with Gasteiger partial charge >= 0.3 is 11.9 Å². The highest BCUT2D eigenvalue weighted by molar-refractivity contribution is 7.98. The summed E-state index contributed by atoms with van der Waals surface area (Å²) in [5.74, 6) is -1.31. The zero-order valence-corrected chi connectivity index (χ0v) is 28.7. The number of carbonyl (C=O) groups is 4. The van der Waals surface area contributed by atoms with E-state index >= 15 is 0 Å². The van der Waals surface area contributed by atoms with E-state index < -0.39 is 23.8 Å². The molecule has 0 saturated heterocycles.